The number of hydrogen-bond donors (Lipinski definition) is 4. The van der Waals surface area contributed by atoms with Gasteiger partial charge in [0.25, 0.3) is 11.8 Å². The van der Waals surface area contributed by atoms with Crippen LogP contribution in [0.1, 0.15) is 39.0 Å². The van der Waals surface area contributed by atoms with E-state index in [1.807, 2.05) is 0 Å². The number of carbonyl (C=O) groups is 4. The summed E-state index contributed by atoms with van der Waals surface area (Å²) in [4.78, 5) is 51.8. The molecule has 10 nitrogen and oxygen atoms in total. The van der Waals surface area contributed by atoms with Crippen LogP contribution in [0.15, 0.2) is 4.99 Å². The maximum Gasteiger partial charge on any atom is 0.266 e. The van der Waals surface area contributed by atoms with Gasteiger partial charge in [0.15, 0.2) is 5.78 Å². The van der Waals surface area contributed by atoms with Gasteiger partial charge in [0.2, 0.25) is 0 Å². The molecule has 2 heterocycles. The van der Waals surface area contributed by atoms with Crippen LogP contribution >= 0.6 is 33.3 Å². The minimum Gasteiger partial charge on any atom is -0.387 e. The maximum absolute atomic E-state index is 12.6. The van der Waals surface area contributed by atoms with Crippen LogP contribution in [0.25, 0.3) is 0 Å². The number of nitrogens with two attached hydrogens (primary N) is 2. The van der Waals surface area contributed by atoms with E-state index in [1.165, 1.54) is 29.5 Å². The molecule has 2 saturated heterocycles. The lowest BCUT2D eigenvalue weighted by molar-refractivity contribution is -0.170. The number of rotatable bonds is 10. The van der Waals surface area contributed by atoms with E-state index in [1.54, 1.807) is 10.8 Å². The number of thioether (sulfide) groups is 1. The molecular formula is C19H31N5O5S3. The third-order valence-electron chi connectivity index (χ3n) is 5.11. The van der Waals surface area contributed by atoms with Crippen LogP contribution in [-0.4, -0.2) is 86.7 Å². The molecule has 0 radical (unpaired) electrons. The summed E-state index contributed by atoms with van der Waals surface area (Å²) in [5.41, 5.74) is 12.0. The largest absolute Gasteiger partial charge is 0.387 e. The Bertz CT molecular complexity index is 738. The van der Waals surface area contributed by atoms with Gasteiger partial charge in [-0.25, -0.2) is 0 Å². The van der Waals surface area contributed by atoms with Crippen molar-refractivity contribution in [2.24, 2.45) is 16.5 Å². The Morgan fingerprint density at radius 1 is 1.28 bits per heavy atom. The number of imide groups is 1. The van der Waals surface area contributed by atoms with Crippen LogP contribution < -0.4 is 16.8 Å². The zero-order valence-electron chi connectivity index (χ0n) is 18.0. The van der Waals surface area contributed by atoms with Crippen molar-refractivity contribution in [2.45, 2.75) is 62.4 Å². The molecule has 0 bridgehead atoms. The van der Waals surface area contributed by atoms with Crippen molar-refractivity contribution in [3.8, 4) is 0 Å². The Labute approximate surface area is 199 Å². The molecule has 180 valence electrons. The third-order valence-corrected chi connectivity index (χ3v) is 8.85. The fourth-order valence-electron chi connectivity index (χ4n) is 3.21. The normalized spacial score (nSPS) is 27.9. The molecule has 0 spiro atoms. The van der Waals surface area contributed by atoms with E-state index in [9.17, 15) is 24.4 Å². The third kappa shape index (κ3) is 8.34. The van der Waals surface area contributed by atoms with Crippen molar-refractivity contribution in [2.75, 3.05) is 23.8 Å². The summed E-state index contributed by atoms with van der Waals surface area (Å²) >= 11 is 1.33. The molecule has 4 atom stereocenters. The summed E-state index contributed by atoms with van der Waals surface area (Å²) in [5.74, 6) is 0.997. The predicted molar refractivity (Wildman–Crippen MR) is 129 cm³/mol. The average molecular weight is 506 g/mol. The highest BCUT2D eigenvalue weighted by Gasteiger charge is 2.38. The second-order valence-electron chi connectivity index (χ2n) is 7.69. The van der Waals surface area contributed by atoms with Crippen molar-refractivity contribution in [1.82, 2.24) is 10.4 Å². The van der Waals surface area contributed by atoms with Crippen LogP contribution in [0.5, 0.6) is 0 Å². The summed E-state index contributed by atoms with van der Waals surface area (Å²) in [6.45, 7) is 1.98. The van der Waals surface area contributed by atoms with E-state index in [4.69, 9.17) is 11.5 Å². The maximum atomic E-state index is 12.6. The van der Waals surface area contributed by atoms with Gasteiger partial charge in [0, 0.05) is 24.5 Å². The first-order valence-corrected chi connectivity index (χ1v) is 14.0. The second kappa shape index (κ2) is 13.6. The molecule has 0 aromatic heterocycles. The number of hydrogen-bond acceptors (Lipinski definition) is 11. The highest BCUT2D eigenvalue weighted by Crippen LogP contribution is 2.26. The van der Waals surface area contributed by atoms with Gasteiger partial charge >= 0.3 is 0 Å². The molecule has 2 rings (SSSR count). The summed E-state index contributed by atoms with van der Waals surface area (Å²) in [6.07, 6.45) is 2.41. The fourth-order valence-corrected chi connectivity index (χ4v) is 6.70. The Morgan fingerprint density at radius 2 is 2.00 bits per heavy atom. The Balaban J connectivity index is 1.72. The zero-order valence-corrected chi connectivity index (χ0v) is 20.5. The summed E-state index contributed by atoms with van der Waals surface area (Å²) in [5, 5.41) is 12.1. The summed E-state index contributed by atoms with van der Waals surface area (Å²) in [7, 11) is 3.06. The van der Waals surface area contributed by atoms with E-state index in [0.29, 0.717) is 55.3 Å². The van der Waals surface area contributed by atoms with Gasteiger partial charge in [0.05, 0.1) is 35.6 Å². The molecule has 32 heavy (non-hydrogen) atoms. The van der Waals surface area contributed by atoms with Gasteiger partial charge < -0.3 is 11.5 Å². The number of Topliss-reactive ketones (excluding diaryl/α,β-unsaturated/α-hetero) is 2. The van der Waals surface area contributed by atoms with E-state index in [-0.39, 0.29) is 29.1 Å². The Morgan fingerprint density at radius 3 is 2.66 bits per heavy atom. The summed E-state index contributed by atoms with van der Waals surface area (Å²) in [6, 6.07) is -1.43. The number of ketones is 2. The van der Waals surface area contributed by atoms with Crippen molar-refractivity contribution >= 4 is 62.6 Å². The smallest absolute Gasteiger partial charge is 0.266 e. The summed E-state index contributed by atoms with van der Waals surface area (Å²) < 4.78 is 0. The van der Waals surface area contributed by atoms with E-state index in [0.717, 1.165) is 0 Å². The van der Waals surface area contributed by atoms with Gasteiger partial charge in [-0.1, -0.05) is 21.6 Å². The number of amidine groups is 1. The molecule has 2 fully saturated rings. The molecule has 3 unspecified atom stereocenters. The zero-order chi connectivity index (χ0) is 23.7. The molecule has 0 saturated carbocycles. The van der Waals surface area contributed by atoms with Crippen LogP contribution in [0.3, 0.4) is 0 Å². The number of amides is 2. The van der Waals surface area contributed by atoms with Gasteiger partial charge in [-0.15, -0.1) is 11.8 Å². The van der Waals surface area contributed by atoms with Crippen LogP contribution in [0.4, 0.5) is 0 Å². The number of nitrogens with zero attached hydrogens (tertiary/aromatic N) is 2. The van der Waals surface area contributed by atoms with Crippen LogP contribution in [0.2, 0.25) is 0 Å². The highest BCUT2D eigenvalue weighted by molar-refractivity contribution is 8.76. The number of carbonyl (C=O) groups excluding carboxylic acids is 4. The van der Waals surface area contributed by atoms with Crippen LogP contribution in [0, 0.1) is 0 Å². The number of aliphatic imine (C=N–C) groups is 1. The molecule has 0 aliphatic carbocycles. The van der Waals surface area contributed by atoms with Gasteiger partial charge in [-0.2, -0.15) is 5.06 Å². The molecule has 0 aromatic rings. The van der Waals surface area contributed by atoms with E-state index < -0.39 is 29.1 Å². The second-order valence-corrected chi connectivity index (χ2v) is 11.5. The quantitative estimate of drug-likeness (QED) is 0.0807. The lowest BCUT2D eigenvalue weighted by Crippen LogP contribution is -2.52. The number of hydroxylamine groups is 2. The topological polar surface area (TPSA) is 168 Å². The lowest BCUT2D eigenvalue weighted by atomic mass is 10.0. The molecule has 6 N–H and O–H groups in total. The van der Waals surface area contributed by atoms with Gasteiger partial charge in [0.1, 0.15) is 5.78 Å². The van der Waals surface area contributed by atoms with Gasteiger partial charge in [-0.05, 0) is 31.9 Å². The lowest BCUT2D eigenvalue weighted by Gasteiger charge is -2.23. The predicted octanol–water partition coefficient (Wildman–Crippen LogP) is 0.361. The first kappa shape index (κ1) is 27.1. The monoisotopic (exact) mass is 505 g/mol. The number of nitrogens with one attached hydrogen (secondary N) is 1. The van der Waals surface area contributed by atoms with Crippen molar-refractivity contribution in [3.05, 3.63) is 0 Å². The first-order valence-electron chi connectivity index (χ1n) is 10.5. The molecule has 2 amide bonds. The van der Waals surface area contributed by atoms with E-state index in [2.05, 4.69) is 10.3 Å². The molecular weight excluding hydrogens is 474 g/mol. The van der Waals surface area contributed by atoms with Crippen molar-refractivity contribution < 1.29 is 24.4 Å². The van der Waals surface area contributed by atoms with E-state index >= 15 is 0 Å². The van der Waals surface area contributed by atoms with Crippen LogP contribution in [-0.2, 0) is 19.2 Å². The first-order chi connectivity index (χ1) is 15.2. The van der Waals surface area contributed by atoms with Gasteiger partial charge in [-0.3, -0.25) is 34.7 Å². The minimum atomic E-state index is -0.574. The van der Waals surface area contributed by atoms with Crippen molar-refractivity contribution in [1.29, 1.82) is 0 Å². The Kier molecular flexibility index (Phi) is 11.5. The fraction of sp³-hybridized carbons (Fsp3) is 0.737. The average Bonchev–Trinajstić information content (AvgIpc) is 3.03. The SMILES string of the molecule is CC(=O)C1CSSCC(N)C(=O)[C@H](CCCN=C(N)CCCSC2CC(=O)N(O)C2=O)N1. The highest BCUT2D eigenvalue weighted by atomic mass is 33.1. The standard InChI is InChI=1S/C19H31N5O5S3/c1-11(25)14-10-32-31-9-12(20)18(27)13(23-14)4-2-6-22-16(21)5-3-7-30-15-8-17(26)24(29)19(15)28/h12-15,23,29H,2-10,20H2,1H3,(H2,21,22)/t12?,13-,14?,15?/m0/s1. The Hall–Kier alpha value is -1.12. The van der Waals surface area contributed by atoms with Crippen molar-refractivity contribution in [3.63, 3.8) is 0 Å². The molecule has 2 aliphatic rings. The minimum absolute atomic E-state index is 0.00173. The molecule has 0 aromatic carbocycles. The molecule has 2 aliphatic heterocycles. The molecule has 13 heteroatoms.